The molecule has 1 aromatic rings. The molecule has 0 spiro atoms. The summed E-state index contributed by atoms with van der Waals surface area (Å²) in [6.45, 7) is 4.24. The number of halogens is 1. The summed E-state index contributed by atoms with van der Waals surface area (Å²) in [6.07, 6.45) is 0.461. The number of nitrogen functional groups attached to an aromatic ring is 1. The normalized spacial score (nSPS) is 11.1. The summed E-state index contributed by atoms with van der Waals surface area (Å²) in [7, 11) is 0. The third-order valence-electron chi connectivity index (χ3n) is 1.85. The number of alkyl halides is 1. The zero-order valence-electron chi connectivity index (χ0n) is 8.00. The average Bonchev–Trinajstić information content (AvgIpc) is 2.43. The van der Waals surface area contributed by atoms with Gasteiger partial charge in [0.2, 0.25) is 0 Å². The van der Waals surface area contributed by atoms with E-state index in [1.807, 2.05) is 13.8 Å². The highest BCUT2D eigenvalue weighted by Crippen LogP contribution is 2.18. The quantitative estimate of drug-likeness (QED) is 0.772. The predicted molar refractivity (Wildman–Crippen MR) is 49.1 cm³/mol. The van der Waals surface area contributed by atoms with Crippen molar-refractivity contribution in [1.82, 2.24) is 15.0 Å². The first-order chi connectivity index (χ1) is 6.16. The number of rotatable bonds is 4. The highest BCUT2D eigenvalue weighted by Gasteiger charge is 2.12. The van der Waals surface area contributed by atoms with Gasteiger partial charge in [0.1, 0.15) is 0 Å². The highest BCUT2D eigenvalue weighted by atomic mass is 19.1. The molecule has 0 saturated carbocycles. The minimum Gasteiger partial charge on any atom is -0.381 e. The Balaban J connectivity index is 2.81. The van der Waals surface area contributed by atoms with Crippen molar-refractivity contribution in [3.05, 3.63) is 5.69 Å². The van der Waals surface area contributed by atoms with E-state index in [-0.39, 0.29) is 12.6 Å². The van der Waals surface area contributed by atoms with Crippen molar-refractivity contribution in [2.24, 2.45) is 0 Å². The maximum Gasteiger partial charge on any atom is 0.169 e. The second-order valence-electron chi connectivity index (χ2n) is 3.28. The molecule has 13 heavy (non-hydrogen) atoms. The minimum atomic E-state index is -0.336. The number of nitrogens with two attached hydrogens (primary N) is 1. The lowest BCUT2D eigenvalue weighted by atomic mass is 10.1. The molecule has 0 saturated heterocycles. The summed E-state index contributed by atoms with van der Waals surface area (Å²) in [5, 5.41) is 7.61. The van der Waals surface area contributed by atoms with Gasteiger partial charge in [0.15, 0.2) is 5.82 Å². The summed E-state index contributed by atoms with van der Waals surface area (Å²) in [4.78, 5) is 0. The number of nitrogens with zero attached hydrogens (tertiary/aromatic N) is 3. The molecule has 0 aliphatic carbocycles. The maximum absolute atomic E-state index is 11.9. The van der Waals surface area contributed by atoms with Crippen LogP contribution in [-0.2, 0) is 6.54 Å². The molecule has 0 fully saturated rings. The van der Waals surface area contributed by atoms with Crippen LogP contribution in [0.2, 0.25) is 0 Å². The lowest BCUT2D eigenvalue weighted by Gasteiger charge is -2.07. The van der Waals surface area contributed by atoms with Gasteiger partial charge in [-0.25, -0.2) is 4.68 Å². The molecule has 0 atom stereocenters. The molecule has 0 bridgehead atoms. The lowest BCUT2D eigenvalue weighted by Crippen LogP contribution is -2.08. The van der Waals surface area contributed by atoms with Crippen LogP contribution in [0.4, 0.5) is 10.2 Å². The molecule has 1 heterocycles. The molecule has 5 heteroatoms. The molecule has 1 rings (SSSR count). The molecule has 0 unspecified atom stereocenters. The third kappa shape index (κ3) is 2.17. The van der Waals surface area contributed by atoms with Crippen LogP contribution in [0.1, 0.15) is 31.9 Å². The minimum absolute atomic E-state index is 0.273. The van der Waals surface area contributed by atoms with Gasteiger partial charge in [0, 0.05) is 6.54 Å². The number of hydrogen-bond acceptors (Lipinski definition) is 3. The zero-order chi connectivity index (χ0) is 9.84. The van der Waals surface area contributed by atoms with Gasteiger partial charge in [-0.15, -0.1) is 5.10 Å². The van der Waals surface area contributed by atoms with E-state index in [2.05, 4.69) is 10.3 Å². The van der Waals surface area contributed by atoms with Crippen molar-refractivity contribution >= 4 is 5.82 Å². The van der Waals surface area contributed by atoms with Crippen molar-refractivity contribution in [3.63, 3.8) is 0 Å². The summed E-state index contributed by atoms with van der Waals surface area (Å²) in [5.74, 6) is 0.725. The Kier molecular flexibility index (Phi) is 3.22. The van der Waals surface area contributed by atoms with Gasteiger partial charge in [0.05, 0.1) is 12.4 Å². The van der Waals surface area contributed by atoms with E-state index >= 15 is 0 Å². The number of aryl methyl sites for hydroxylation is 1. The Morgan fingerprint density at radius 1 is 1.54 bits per heavy atom. The average molecular weight is 186 g/mol. The van der Waals surface area contributed by atoms with Crippen LogP contribution in [0.5, 0.6) is 0 Å². The van der Waals surface area contributed by atoms with Crippen molar-refractivity contribution in [2.75, 3.05) is 12.4 Å². The summed E-state index contributed by atoms with van der Waals surface area (Å²) in [5.41, 5.74) is 6.52. The fourth-order valence-corrected chi connectivity index (χ4v) is 1.30. The standard InChI is InChI=1S/C8H15FN4/c1-6(2)7-8(10)11-12-13(7)5-3-4-9/h6H,3-5,10H2,1-2H3. The monoisotopic (exact) mass is 186 g/mol. The van der Waals surface area contributed by atoms with Gasteiger partial charge in [-0.05, 0) is 12.3 Å². The van der Waals surface area contributed by atoms with E-state index in [0.717, 1.165) is 5.69 Å². The highest BCUT2D eigenvalue weighted by molar-refractivity contribution is 5.34. The van der Waals surface area contributed by atoms with Gasteiger partial charge in [-0.3, -0.25) is 4.39 Å². The number of aromatic nitrogens is 3. The van der Waals surface area contributed by atoms with Crippen LogP contribution in [0.3, 0.4) is 0 Å². The van der Waals surface area contributed by atoms with Crippen LogP contribution >= 0.6 is 0 Å². The van der Waals surface area contributed by atoms with E-state index in [0.29, 0.717) is 18.8 Å². The summed E-state index contributed by atoms with van der Waals surface area (Å²) < 4.78 is 13.6. The largest absolute Gasteiger partial charge is 0.381 e. The zero-order valence-corrected chi connectivity index (χ0v) is 8.00. The first-order valence-corrected chi connectivity index (χ1v) is 4.41. The SMILES string of the molecule is CC(C)c1c(N)nnn1CCCF. The summed E-state index contributed by atoms with van der Waals surface area (Å²) >= 11 is 0. The van der Waals surface area contributed by atoms with Crippen molar-refractivity contribution in [2.45, 2.75) is 32.7 Å². The fourth-order valence-electron chi connectivity index (χ4n) is 1.30. The first-order valence-electron chi connectivity index (χ1n) is 4.41. The third-order valence-corrected chi connectivity index (χ3v) is 1.85. The van der Waals surface area contributed by atoms with Gasteiger partial charge < -0.3 is 5.73 Å². The molecule has 0 aromatic carbocycles. The Hall–Kier alpha value is -1.13. The second-order valence-corrected chi connectivity index (χ2v) is 3.28. The molecule has 1 aromatic heterocycles. The Bertz CT molecular complexity index is 269. The topological polar surface area (TPSA) is 56.7 Å². The van der Waals surface area contributed by atoms with E-state index in [1.54, 1.807) is 4.68 Å². The predicted octanol–water partition coefficient (Wildman–Crippen LogP) is 1.34. The van der Waals surface area contributed by atoms with Crippen LogP contribution < -0.4 is 5.73 Å². The number of hydrogen-bond donors (Lipinski definition) is 1. The van der Waals surface area contributed by atoms with Crippen molar-refractivity contribution < 1.29 is 4.39 Å². The van der Waals surface area contributed by atoms with E-state index < -0.39 is 0 Å². The molecular formula is C8H15FN4. The van der Waals surface area contributed by atoms with E-state index in [4.69, 9.17) is 5.73 Å². The molecule has 0 aliphatic rings. The van der Waals surface area contributed by atoms with Gasteiger partial charge in [-0.1, -0.05) is 19.1 Å². The molecular weight excluding hydrogens is 171 g/mol. The molecule has 0 radical (unpaired) electrons. The van der Waals surface area contributed by atoms with E-state index in [1.165, 1.54) is 0 Å². The maximum atomic E-state index is 11.9. The lowest BCUT2D eigenvalue weighted by molar-refractivity contribution is 0.423. The molecule has 2 N–H and O–H groups in total. The van der Waals surface area contributed by atoms with Gasteiger partial charge >= 0.3 is 0 Å². The van der Waals surface area contributed by atoms with Crippen LogP contribution in [0.15, 0.2) is 0 Å². The number of anilines is 1. The van der Waals surface area contributed by atoms with Gasteiger partial charge in [-0.2, -0.15) is 0 Å². The molecule has 0 aliphatic heterocycles. The van der Waals surface area contributed by atoms with Crippen molar-refractivity contribution in [3.8, 4) is 0 Å². The Labute approximate surface area is 76.9 Å². The van der Waals surface area contributed by atoms with Crippen molar-refractivity contribution in [1.29, 1.82) is 0 Å². The first kappa shape index (κ1) is 9.95. The fraction of sp³-hybridized carbons (Fsp3) is 0.750. The summed E-state index contributed by atoms with van der Waals surface area (Å²) in [6, 6.07) is 0. The van der Waals surface area contributed by atoms with Gasteiger partial charge in [0.25, 0.3) is 0 Å². The Morgan fingerprint density at radius 3 is 2.77 bits per heavy atom. The molecule has 4 nitrogen and oxygen atoms in total. The molecule has 74 valence electrons. The molecule has 0 amide bonds. The second kappa shape index (κ2) is 4.20. The smallest absolute Gasteiger partial charge is 0.169 e. The Morgan fingerprint density at radius 2 is 2.23 bits per heavy atom. The van der Waals surface area contributed by atoms with Crippen LogP contribution in [-0.4, -0.2) is 21.7 Å². The van der Waals surface area contributed by atoms with Crippen LogP contribution in [0, 0.1) is 0 Å². The van der Waals surface area contributed by atoms with Crippen LogP contribution in [0.25, 0.3) is 0 Å². The van der Waals surface area contributed by atoms with E-state index in [9.17, 15) is 4.39 Å².